The number of benzene rings is 1. The van der Waals surface area contributed by atoms with Gasteiger partial charge in [0.2, 0.25) is 5.91 Å². The van der Waals surface area contributed by atoms with E-state index in [1.807, 2.05) is 23.1 Å². The SMILES string of the molecule is CNC(=O)CN1CCN(C(=O)c2ccc3c(c2)CNC3)CC1.Cl. The molecule has 126 valence electrons. The van der Waals surface area contributed by atoms with Gasteiger partial charge in [-0.1, -0.05) is 6.07 Å². The van der Waals surface area contributed by atoms with Gasteiger partial charge < -0.3 is 15.5 Å². The van der Waals surface area contributed by atoms with Gasteiger partial charge in [0.15, 0.2) is 0 Å². The van der Waals surface area contributed by atoms with E-state index in [0.29, 0.717) is 19.6 Å². The van der Waals surface area contributed by atoms with Crippen LogP contribution in [0, 0.1) is 0 Å². The summed E-state index contributed by atoms with van der Waals surface area (Å²) >= 11 is 0. The van der Waals surface area contributed by atoms with Crippen LogP contribution in [0.2, 0.25) is 0 Å². The van der Waals surface area contributed by atoms with Crippen molar-refractivity contribution in [1.82, 2.24) is 20.4 Å². The highest BCUT2D eigenvalue weighted by Crippen LogP contribution is 2.18. The van der Waals surface area contributed by atoms with Crippen molar-refractivity contribution in [1.29, 1.82) is 0 Å². The summed E-state index contributed by atoms with van der Waals surface area (Å²) in [7, 11) is 1.64. The lowest BCUT2D eigenvalue weighted by Crippen LogP contribution is -2.50. The van der Waals surface area contributed by atoms with Crippen LogP contribution >= 0.6 is 12.4 Å². The molecule has 0 atom stereocenters. The second kappa shape index (κ2) is 7.77. The van der Waals surface area contributed by atoms with Crippen LogP contribution < -0.4 is 10.6 Å². The summed E-state index contributed by atoms with van der Waals surface area (Å²) in [6.07, 6.45) is 0. The molecule has 0 aromatic heterocycles. The molecular weight excluding hydrogens is 316 g/mol. The number of fused-ring (bicyclic) bond motifs is 1. The van der Waals surface area contributed by atoms with Gasteiger partial charge in [-0.25, -0.2) is 0 Å². The predicted octanol–water partition coefficient (Wildman–Crippen LogP) is 0.215. The van der Waals surface area contributed by atoms with Gasteiger partial charge in [-0.3, -0.25) is 14.5 Å². The van der Waals surface area contributed by atoms with Gasteiger partial charge in [0.25, 0.3) is 5.91 Å². The highest BCUT2D eigenvalue weighted by molar-refractivity contribution is 5.94. The van der Waals surface area contributed by atoms with E-state index < -0.39 is 0 Å². The molecule has 1 aromatic carbocycles. The van der Waals surface area contributed by atoms with E-state index in [0.717, 1.165) is 31.7 Å². The molecule has 0 radical (unpaired) electrons. The zero-order valence-electron chi connectivity index (χ0n) is 13.3. The van der Waals surface area contributed by atoms with Crippen molar-refractivity contribution in [3.63, 3.8) is 0 Å². The first kappa shape index (κ1) is 17.7. The number of rotatable bonds is 3. The minimum absolute atomic E-state index is 0. The number of halogens is 1. The Kier molecular flexibility index (Phi) is 5.98. The van der Waals surface area contributed by atoms with E-state index in [4.69, 9.17) is 0 Å². The van der Waals surface area contributed by atoms with Crippen molar-refractivity contribution in [3.05, 3.63) is 34.9 Å². The number of nitrogens with one attached hydrogen (secondary N) is 2. The topological polar surface area (TPSA) is 64.7 Å². The smallest absolute Gasteiger partial charge is 0.253 e. The molecule has 2 heterocycles. The maximum Gasteiger partial charge on any atom is 0.253 e. The number of carbonyl (C=O) groups is 2. The number of hydrogen-bond donors (Lipinski definition) is 2. The van der Waals surface area contributed by atoms with Crippen molar-refractivity contribution in [2.75, 3.05) is 39.8 Å². The Hall–Kier alpha value is -1.63. The molecule has 1 saturated heterocycles. The van der Waals surface area contributed by atoms with E-state index in [-0.39, 0.29) is 24.2 Å². The molecule has 0 unspecified atom stereocenters. The lowest BCUT2D eigenvalue weighted by molar-refractivity contribution is -0.122. The third-order valence-corrected chi connectivity index (χ3v) is 4.39. The average molecular weight is 339 g/mol. The summed E-state index contributed by atoms with van der Waals surface area (Å²) in [6.45, 7) is 4.97. The normalized spacial score (nSPS) is 17.3. The molecule has 0 aliphatic carbocycles. The number of amides is 2. The Morgan fingerprint density at radius 2 is 1.83 bits per heavy atom. The quantitative estimate of drug-likeness (QED) is 0.827. The first-order valence-electron chi connectivity index (χ1n) is 7.72. The van der Waals surface area contributed by atoms with Crippen molar-refractivity contribution < 1.29 is 9.59 Å². The van der Waals surface area contributed by atoms with Gasteiger partial charge in [-0.15, -0.1) is 12.4 Å². The zero-order chi connectivity index (χ0) is 15.5. The van der Waals surface area contributed by atoms with E-state index >= 15 is 0 Å². The highest BCUT2D eigenvalue weighted by Gasteiger charge is 2.24. The zero-order valence-corrected chi connectivity index (χ0v) is 14.1. The van der Waals surface area contributed by atoms with Crippen LogP contribution in [-0.2, 0) is 17.9 Å². The number of nitrogens with zero attached hydrogens (tertiary/aromatic N) is 2. The van der Waals surface area contributed by atoms with E-state index in [1.54, 1.807) is 7.05 Å². The molecule has 0 saturated carbocycles. The lowest BCUT2D eigenvalue weighted by atomic mass is 10.1. The lowest BCUT2D eigenvalue weighted by Gasteiger charge is -2.34. The summed E-state index contributed by atoms with van der Waals surface area (Å²) in [6, 6.07) is 5.98. The number of hydrogen-bond acceptors (Lipinski definition) is 4. The van der Waals surface area contributed by atoms with Crippen LogP contribution in [0.1, 0.15) is 21.5 Å². The standard InChI is InChI=1S/C16H22N4O2.ClH/c1-17-15(21)11-19-4-6-20(7-5-19)16(22)12-2-3-13-9-18-10-14(13)8-12;/h2-3,8,18H,4-7,9-11H2,1H3,(H,17,21);1H. The molecule has 2 N–H and O–H groups in total. The van der Waals surface area contributed by atoms with Gasteiger partial charge in [-0.2, -0.15) is 0 Å². The van der Waals surface area contributed by atoms with Crippen LogP contribution in [0.4, 0.5) is 0 Å². The summed E-state index contributed by atoms with van der Waals surface area (Å²) < 4.78 is 0. The summed E-state index contributed by atoms with van der Waals surface area (Å²) in [5, 5.41) is 5.92. The molecule has 1 aromatic rings. The molecule has 7 heteroatoms. The first-order valence-corrected chi connectivity index (χ1v) is 7.72. The molecule has 2 amide bonds. The maximum atomic E-state index is 12.6. The van der Waals surface area contributed by atoms with Gasteiger partial charge in [0.05, 0.1) is 6.54 Å². The molecule has 6 nitrogen and oxygen atoms in total. The summed E-state index contributed by atoms with van der Waals surface area (Å²) in [4.78, 5) is 27.9. The fourth-order valence-electron chi connectivity index (χ4n) is 3.00. The highest BCUT2D eigenvalue weighted by atomic mass is 35.5. The van der Waals surface area contributed by atoms with Crippen molar-refractivity contribution in [3.8, 4) is 0 Å². The molecule has 2 aliphatic rings. The molecule has 0 bridgehead atoms. The average Bonchev–Trinajstić information content (AvgIpc) is 3.02. The molecule has 0 spiro atoms. The third-order valence-electron chi connectivity index (χ3n) is 4.39. The van der Waals surface area contributed by atoms with Gasteiger partial charge in [0.1, 0.15) is 0 Å². The van der Waals surface area contributed by atoms with Crippen LogP contribution in [0.5, 0.6) is 0 Å². The Bertz CT molecular complexity index is 585. The molecule has 2 aliphatic heterocycles. The summed E-state index contributed by atoms with van der Waals surface area (Å²) in [5.41, 5.74) is 3.28. The second-order valence-electron chi connectivity index (χ2n) is 5.83. The molecule has 1 fully saturated rings. The second-order valence-corrected chi connectivity index (χ2v) is 5.83. The van der Waals surface area contributed by atoms with Gasteiger partial charge in [0, 0.05) is 51.9 Å². The molecule has 3 rings (SSSR count). The number of piperazine rings is 1. The minimum Gasteiger partial charge on any atom is -0.358 e. The maximum absolute atomic E-state index is 12.6. The number of likely N-dealkylation sites (N-methyl/N-ethyl adjacent to an activating group) is 1. The third kappa shape index (κ3) is 4.02. The van der Waals surface area contributed by atoms with Crippen LogP contribution in [0.3, 0.4) is 0 Å². The molecule has 23 heavy (non-hydrogen) atoms. The van der Waals surface area contributed by atoms with Crippen LogP contribution in [-0.4, -0.2) is 61.4 Å². The monoisotopic (exact) mass is 338 g/mol. The van der Waals surface area contributed by atoms with Gasteiger partial charge in [-0.05, 0) is 23.3 Å². The first-order chi connectivity index (χ1) is 10.7. The van der Waals surface area contributed by atoms with Crippen LogP contribution in [0.25, 0.3) is 0 Å². The fourth-order valence-corrected chi connectivity index (χ4v) is 3.00. The van der Waals surface area contributed by atoms with Crippen LogP contribution in [0.15, 0.2) is 18.2 Å². The van der Waals surface area contributed by atoms with Gasteiger partial charge >= 0.3 is 0 Å². The van der Waals surface area contributed by atoms with Crippen molar-refractivity contribution in [2.24, 2.45) is 0 Å². The Labute approximate surface area is 142 Å². The summed E-state index contributed by atoms with van der Waals surface area (Å²) in [5.74, 6) is 0.111. The van der Waals surface area contributed by atoms with E-state index in [9.17, 15) is 9.59 Å². The number of carbonyl (C=O) groups excluding carboxylic acids is 2. The predicted molar refractivity (Wildman–Crippen MR) is 90.6 cm³/mol. The van der Waals surface area contributed by atoms with Crippen molar-refractivity contribution >= 4 is 24.2 Å². The minimum atomic E-state index is 0. The van der Waals surface area contributed by atoms with E-state index in [1.165, 1.54) is 11.1 Å². The Balaban J connectivity index is 0.00000192. The fraction of sp³-hybridized carbons (Fsp3) is 0.500. The molecular formula is C16H23ClN4O2. The Morgan fingerprint density at radius 3 is 2.52 bits per heavy atom. The largest absolute Gasteiger partial charge is 0.358 e. The Morgan fingerprint density at radius 1 is 1.13 bits per heavy atom. The van der Waals surface area contributed by atoms with Crippen molar-refractivity contribution in [2.45, 2.75) is 13.1 Å². The van der Waals surface area contributed by atoms with E-state index in [2.05, 4.69) is 15.5 Å².